The van der Waals surface area contributed by atoms with Crippen LogP contribution in [0, 0.1) is 5.92 Å². The van der Waals surface area contributed by atoms with E-state index in [0.717, 1.165) is 28.5 Å². The molecule has 0 spiro atoms. The molecule has 7 heteroatoms. The molecule has 1 aliphatic rings. The molecule has 1 saturated carbocycles. The predicted octanol–water partition coefficient (Wildman–Crippen LogP) is 4.18. The smallest absolute Gasteiger partial charge is 0.230 e. The van der Waals surface area contributed by atoms with Gasteiger partial charge in [-0.3, -0.25) is 14.3 Å². The first kappa shape index (κ1) is 20.6. The molecule has 0 bridgehead atoms. The van der Waals surface area contributed by atoms with Crippen LogP contribution in [0.25, 0.3) is 11.4 Å². The summed E-state index contributed by atoms with van der Waals surface area (Å²) in [6.45, 7) is 2.88. The number of hydrogen-bond acceptors (Lipinski definition) is 5. The monoisotopic (exact) mass is 421 g/mol. The number of amides is 1. The van der Waals surface area contributed by atoms with Crippen molar-refractivity contribution in [3.63, 3.8) is 0 Å². The Hall–Kier alpha value is -2.67. The van der Waals surface area contributed by atoms with Crippen LogP contribution >= 0.6 is 11.8 Å². The average Bonchev–Trinajstić information content (AvgIpc) is 3.17. The van der Waals surface area contributed by atoms with Crippen LogP contribution in [0.4, 0.5) is 0 Å². The Morgan fingerprint density at radius 2 is 1.87 bits per heavy atom. The lowest BCUT2D eigenvalue weighted by atomic mass is 9.86. The number of nitrogens with one attached hydrogen (secondary N) is 1. The second kappa shape index (κ2) is 9.89. The zero-order valence-corrected chi connectivity index (χ0v) is 18.0. The maximum Gasteiger partial charge on any atom is 0.230 e. The molecule has 2 aromatic heterocycles. The first-order valence-electron chi connectivity index (χ1n) is 10.5. The number of rotatable bonds is 7. The third kappa shape index (κ3) is 5.08. The normalized spacial score (nSPS) is 18.8. The summed E-state index contributed by atoms with van der Waals surface area (Å²) >= 11 is 1.44. The molecule has 2 unspecified atom stereocenters. The number of carbonyl (C=O) groups is 1. The highest BCUT2D eigenvalue weighted by molar-refractivity contribution is 7.99. The van der Waals surface area contributed by atoms with Gasteiger partial charge in [0, 0.05) is 24.0 Å². The maximum absolute atomic E-state index is 12.6. The van der Waals surface area contributed by atoms with Crippen molar-refractivity contribution in [3.8, 4) is 11.4 Å². The average molecular weight is 422 g/mol. The highest BCUT2D eigenvalue weighted by atomic mass is 32.2. The van der Waals surface area contributed by atoms with Gasteiger partial charge in [-0.2, -0.15) is 0 Å². The lowest BCUT2D eigenvalue weighted by Crippen LogP contribution is -2.41. The number of pyridine rings is 1. The van der Waals surface area contributed by atoms with Crippen LogP contribution in [0.1, 0.15) is 38.2 Å². The number of hydrogen-bond donors (Lipinski definition) is 1. The van der Waals surface area contributed by atoms with Crippen LogP contribution in [0.2, 0.25) is 0 Å². The fourth-order valence-corrected chi connectivity index (χ4v) is 4.68. The second-order valence-corrected chi connectivity index (χ2v) is 8.78. The second-order valence-electron chi connectivity index (χ2n) is 7.84. The summed E-state index contributed by atoms with van der Waals surface area (Å²) in [5.41, 5.74) is 2.12. The SMILES string of the molecule is CC1CCCCC1NC(=O)CSc1nnc(-c2ccncc2)n1Cc1ccccc1. The van der Waals surface area contributed by atoms with Crippen LogP contribution in [0.3, 0.4) is 0 Å². The van der Waals surface area contributed by atoms with Gasteiger partial charge in [-0.15, -0.1) is 10.2 Å². The fourth-order valence-electron chi connectivity index (χ4n) is 3.93. The Kier molecular flexibility index (Phi) is 6.79. The summed E-state index contributed by atoms with van der Waals surface area (Å²) in [5, 5.41) is 12.8. The lowest BCUT2D eigenvalue weighted by molar-refractivity contribution is -0.119. The van der Waals surface area contributed by atoms with E-state index in [0.29, 0.717) is 24.3 Å². The number of aromatic nitrogens is 4. The summed E-state index contributed by atoms with van der Waals surface area (Å²) in [5.74, 6) is 1.74. The molecule has 6 nitrogen and oxygen atoms in total. The Labute approximate surface area is 181 Å². The Morgan fingerprint density at radius 3 is 2.63 bits per heavy atom. The van der Waals surface area contributed by atoms with Crippen LogP contribution in [-0.2, 0) is 11.3 Å². The van der Waals surface area contributed by atoms with Gasteiger partial charge < -0.3 is 5.32 Å². The van der Waals surface area contributed by atoms with Gasteiger partial charge in [-0.05, 0) is 36.5 Å². The maximum atomic E-state index is 12.6. The molecule has 4 rings (SSSR count). The molecule has 1 N–H and O–H groups in total. The predicted molar refractivity (Wildman–Crippen MR) is 119 cm³/mol. The van der Waals surface area contributed by atoms with Crippen LogP contribution in [0.5, 0.6) is 0 Å². The van der Waals surface area contributed by atoms with Crippen molar-refractivity contribution in [2.24, 2.45) is 5.92 Å². The van der Waals surface area contributed by atoms with Crippen molar-refractivity contribution in [3.05, 3.63) is 60.4 Å². The van der Waals surface area contributed by atoms with Gasteiger partial charge in [0.25, 0.3) is 0 Å². The van der Waals surface area contributed by atoms with E-state index in [-0.39, 0.29) is 5.91 Å². The fraction of sp³-hybridized carbons (Fsp3) is 0.391. The number of thioether (sulfide) groups is 1. The number of nitrogens with zero attached hydrogens (tertiary/aromatic N) is 4. The van der Waals surface area contributed by atoms with Gasteiger partial charge in [-0.25, -0.2) is 0 Å². The Bertz CT molecular complexity index is 960. The molecule has 3 aromatic rings. The van der Waals surface area contributed by atoms with Crippen molar-refractivity contribution in [2.45, 2.75) is 50.4 Å². The first-order chi connectivity index (χ1) is 14.7. The molecule has 1 aromatic carbocycles. The Morgan fingerprint density at radius 1 is 1.10 bits per heavy atom. The van der Waals surface area contributed by atoms with Crippen molar-refractivity contribution in [1.82, 2.24) is 25.1 Å². The standard InChI is InChI=1S/C23H27N5OS/c1-17-7-5-6-10-20(17)25-21(29)16-30-23-27-26-22(19-11-13-24-14-12-19)28(23)15-18-8-3-2-4-9-18/h2-4,8-9,11-14,17,20H,5-7,10,15-16H2,1H3,(H,25,29). The van der Waals surface area contributed by atoms with Gasteiger partial charge in [0.15, 0.2) is 11.0 Å². The van der Waals surface area contributed by atoms with Crippen molar-refractivity contribution in [1.29, 1.82) is 0 Å². The van der Waals surface area contributed by atoms with Gasteiger partial charge >= 0.3 is 0 Å². The summed E-state index contributed by atoms with van der Waals surface area (Å²) in [4.78, 5) is 16.7. The summed E-state index contributed by atoms with van der Waals surface area (Å²) in [6.07, 6.45) is 8.24. The molecular formula is C23H27N5OS. The van der Waals surface area contributed by atoms with E-state index in [4.69, 9.17) is 0 Å². The molecular weight excluding hydrogens is 394 g/mol. The minimum absolute atomic E-state index is 0.0680. The molecule has 2 atom stereocenters. The molecule has 1 aliphatic carbocycles. The van der Waals surface area contributed by atoms with E-state index >= 15 is 0 Å². The molecule has 2 heterocycles. The first-order valence-corrected chi connectivity index (χ1v) is 11.5. The minimum atomic E-state index is 0.0680. The summed E-state index contributed by atoms with van der Waals surface area (Å²) < 4.78 is 2.08. The number of benzene rings is 1. The molecule has 1 fully saturated rings. The van der Waals surface area contributed by atoms with E-state index in [9.17, 15) is 4.79 Å². The zero-order chi connectivity index (χ0) is 20.8. The molecule has 156 valence electrons. The van der Waals surface area contributed by atoms with E-state index in [1.807, 2.05) is 30.3 Å². The molecule has 0 saturated heterocycles. The van der Waals surface area contributed by atoms with Gasteiger partial charge in [0.05, 0.1) is 12.3 Å². The third-order valence-electron chi connectivity index (χ3n) is 5.63. The highest BCUT2D eigenvalue weighted by Crippen LogP contribution is 2.26. The summed E-state index contributed by atoms with van der Waals surface area (Å²) in [7, 11) is 0. The molecule has 30 heavy (non-hydrogen) atoms. The Balaban J connectivity index is 1.49. The van der Waals surface area contributed by atoms with E-state index in [1.165, 1.54) is 31.0 Å². The minimum Gasteiger partial charge on any atom is -0.352 e. The van der Waals surface area contributed by atoms with Crippen molar-refractivity contribution < 1.29 is 4.79 Å². The largest absolute Gasteiger partial charge is 0.352 e. The van der Waals surface area contributed by atoms with Gasteiger partial charge in [0.2, 0.25) is 5.91 Å². The highest BCUT2D eigenvalue weighted by Gasteiger charge is 2.23. The molecule has 0 aliphatic heterocycles. The van der Waals surface area contributed by atoms with E-state index in [1.54, 1.807) is 12.4 Å². The van der Waals surface area contributed by atoms with Gasteiger partial charge in [0.1, 0.15) is 0 Å². The van der Waals surface area contributed by atoms with Crippen LogP contribution < -0.4 is 5.32 Å². The quantitative estimate of drug-likeness (QED) is 0.580. The summed E-state index contributed by atoms with van der Waals surface area (Å²) in [6, 6.07) is 14.4. The number of carbonyl (C=O) groups excluding carboxylic acids is 1. The zero-order valence-electron chi connectivity index (χ0n) is 17.2. The van der Waals surface area contributed by atoms with E-state index < -0.39 is 0 Å². The van der Waals surface area contributed by atoms with Crippen molar-refractivity contribution in [2.75, 3.05) is 5.75 Å². The van der Waals surface area contributed by atoms with Gasteiger partial charge in [-0.1, -0.05) is 61.9 Å². The van der Waals surface area contributed by atoms with Crippen molar-refractivity contribution >= 4 is 17.7 Å². The van der Waals surface area contributed by atoms with Crippen LogP contribution in [0.15, 0.2) is 60.0 Å². The van der Waals surface area contributed by atoms with Crippen LogP contribution in [-0.4, -0.2) is 37.5 Å². The molecule has 0 radical (unpaired) electrons. The topological polar surface area (TPSA) is 72.7 Å². The molecule has 1 amide bonds. The van der Waals surface area contributed by atoms with E-state index in [2.05, 4.69) is 44.1 Å². The third-order valence-corrected chi connectivity index (χ3v) is 6.60. The lowest BCUT2D eigenvalue weighted by Gasteiger charge is -2.29.